The number of para-hydroxylation sites is 2. The van der Waals surface area contributed by atoms with Gasteiger partial charge in [-0.2, -0.15) is 9.97 Å². The Morgan fingerprint density at radius 2 is 1.25 bits per heavy atom. The number of hydrogen-bond acceptors (Lipinski definition) is 6. The van der Waals surface area contributed by atoms with E-state index in [1.807, 2.05) is 139 Å². The van der Waals surface area contributed by atoms with Crippen LogP contribution in [-0.2, 0) is 0 Å². The maximum atomic E-state index is 7.24. The summed E-state index contributed by atoms with van der Waals surface area (Å²) in [5, 5.41) is 0.837. The molecular formula is C49H38N8. The van der Waals surface area contributed by atoms with E-state index in [-0.39, 0.29) is 0 Å². The van der Waals surface area contributed by atoms with Crippen molar-refractivity contribution in [3.05, 3.63) is 194 Å². The molecule has 0 bridgehead atoms. The minimum Gasteiger partial charge on any atom is -0.396 e. The first-order valence-electron chi connectivity index (χ1n) is 18.7. The minimum atomic E-state index is 0.382. The van der Waals surface area contributed by atoms with Gasteiger partial charge in [0.05, 0.1) is 33.8 Å². The first kappa shape index (κ1) is 34.9. The summed E-state index contributed by atoms with van der Waals surface area (Å²) >= 11 is 0. The molecule has 4 N–H and O–H groups in total. The van der Waals surface area contributed by atoms with Crippen LogP contribution in [0.25, 0.3) is 78.6 Å². The van der Waals surface area contributed by atoms with E-state index in [0.29, 0.717) is 45.9 Å². The Kier molecular flexibility index (Phi) is 9.04. The fourth-order valence-electron chi connectivity index (χ4n) is 7.45. The number of anilines is 2. The molecule has 8 nitrogen and oxygen atoms in total. The standard InChI is InChI=1S/C49H38N8/c1-3-32(34-18-8-5-9-19-34)30-33(4-2)47-53-48(37-23-16-22-36(31-37)35-20-10-6-11-21-35)55-49(54-47)57-40-27-15-14-26-39(40)42(50)45(57)46-43(51)44-41(28-17-29-52-44)56(46)38-24-12-7-13-25-38/h3-31H,1,50-51H2,2H3/b32-30+,33-4+. The SMILES string of the molecule is C=C/C(=C\C(=C/C)c1nc(-c2cccc(-c3ccccc3)c2)nc(-n2c(-c3c(N)c4ncccc4n3-c3ccccc3)c(N)c3ccccc32)n1)c1ccccc1. The van der Waals surface area contributed by atoms with Crippen molar-refractivity contribution in [1.82, 2.24) is 29.1 Å². The van der Waals surface area contributed by atoms with Crippen LogP contribution in [0.5, 0.6) is 0 Å². The van der Waals surface area contributed by atoms with Gasteiger partial charge in [-0.3, -0.25) is 9.55 Å². The van der Waals surface area contributed by atoms with E-state index in [0.717, 1.165) is 55.5 Å². The first-order chi connectivity index (χ1) is 28.0. The molecule has 0 aliphatic rings. The average molecular weight is 739 g/mol. The lowest BCUT2D eigenvalue weighted by Crippen LogP contribution is -2.11. The van der Waals surface area contributed by atoms with Crippen LogP contribution in [0.3, 0.4) is 0 Å². The molecule has 9 aromatic rings. The Hall–Kier alpha value is -7.84. The molecule has 0 unspecified atom stereocenters. The molecule has 0 radical (unpaired) electrons. The minimum absolute atomic E-state index is 0.382. The summed E-state index contributed by atoms with van der Waals surface area (Å²) in [7, 11) is 0. The third kappa shape index (κ3) is 6.25. The normalized spacial score (nSPS) is 12.0. The molecule has 57 heavy (non-hydrogen) atoms. The predicted octanol–water partition coefficient (Wildman–Crippen LogP) is 11.0. The second kappa shape index (κ2) is 14.8. The third-order valence-electron chi connectivity index (χ3n) is 10.2. The van der Waals surface area contributed by atoms with Crippen molar-refractivity contribution in [2.24, 2.45) is 0 Å². The van der Waals surface area contributed by atoms with Gasteiger partial charge >= 0.3 is 0 Å². The molecular weight excluding hydrogens is 701 g/mol. The fourth-order valence-corrected chi connectivity index (χ4v) is 7.45. The van der Waals surface area contributed by atoms with Crippen molar-refractivity contribution < 1.29 is 0 Å². The zero-order valence-corrected chi connectivity index (χ0v) is 31.3. The number of rotatable bonds is 9. The largest absolute Gasteiger partial charge is 0.396 e. The first-order valence-corrected chi connectivity index (χ1v) is 18.7. The van der Waals surface area contributed by atoms with Crippen LogP contribution < -0.4 is 11.5 Å². The summed E-state index contributed by atoms with van der Waals surface area (Å²) in [5.41, 5.74) is 25.7. The number of nitrogens with zero attached hydrogens (tertiary/aromatic N) is 6. The number of nitrogen functional groups attached to an aromatic ring is 2. The van der Waals surface area contributed by atoms with Crippen LogP contribution in [0.1, 0.15) is 18.3 Å². The van der Waals surface area contributed by atoms with E-state index >= 15 is 0 Å². The highest BCUT2D eigenvalue weighted by Gasteiger charge is 2.28. The highest BCUT2D eigenvalue weighted by Crippen LogP contribution is 2.45. The summed E-state index contributed by atoms with van der Waals surface area (Å²) in [5.74, 6) is 1.37. The molecule has 4 heterocycles. The molecule has 0 spiro atoms. The number of nitrogens with two attached hydrogens (primary N) is 2. The van der Waals surface area contributed by atoms with E-state index < -0.39 is 0 Å². The monoisotopic (exact) mass is 738 g/mol. The summed E-state index contributed by atoms with van der Waals surface area (Å²) in [6.45, 7) is 6.13. The molecule has 0 aliphatic carbocycles. The van der Waals surface area contributed by atoms with Crippen LogP contribution in [-0.4, -0.2) is 29.1 Å². The highest BCUT2D eigenvalue weighted by molar-refractivity contribution is 6.08. The van der Waals surface area contributed by atoms with Crippen LogP contribution in [0.15, 0.2) is 183 Å². The van der Waals surface area contributed by atoms with Gasteiger partial charge in [-0.05, 0) is 71.7 Å². The number of fused-ring (bicyclic) bond motifs is 2. The zero-order valence-electron chi connectivity index (χ0n) is 31.3. The summed E-state index contributed by atoms with van der Waals surface area (Å²) in [6, 6.07) is 50.7. The van der Waals surface area contributed by atoms with Gasteiger partial charge in [0, 0.05) is 28.4 Å². The van der Waals surface area contributed by atoms with Crippen LogP contribution >= 0.6 is 0 Å². The number of allylic oxidation sites excluding steroid dienone is 5. The molecule has 0 atom stereocenters. The number of pyridine rings is 1. The van der Waals surface area contributed by atoms with Gasteiger partial charge in [0.2, 0.25) is 5.95 Å². The number of benzene rings is 5. The van der Waals surface area contributed by atoms with E-state index in [4.69, 9.17) is 31.4 Å². The highest BCUT2D eigenvalue weighted by atomic mass is 15.2. The van der Waals surface area contributed by atoms with Gasteiger partial charge in [-0.1, -0.05) is 134 Å². The topological polar surface area (TPSA) is 113 Å². The molecule has 0 saturated heterocycles. The number of hydrogen-bond donors (Lipinski definition) is 2. The Balaban J connectivity index is 1.35. The van der Waals surface area contributed by atoms with Gasteiger partial charge < -0.3 is 16.0 Å². The second-order valence-corrected chi connectivity index (χ2v) is 13.6. The molecule has 0 amide bonds. The predicted molar refractivity (Wildman–Crippen MR) is 235 cm³/mol. The molecule has 274 valence electrons. The van der Waals surface area contributed by atoms with Crippen molar-refractivity contribution in [2.75, 3.05) is 11.5 Å². The summed E-state index contributed by atoms with van der Waals surface area (Å²) in [4.78, 5) is 20.4. The Bertz CT molecular complexity index is 2990. The van der Waals surface area contributed by atoms with Crippen molar-refractivity contribution in [3.63, 3.8) is 0 Å². The van der Waals surface area contributed by atoms with Crippen molar-refractivity contribution in [1.29, 1.82) is 0 Å². The Labute approximate surface area is 330 Å². The molecule has 4 aromatic heterocycles. The zero-order chi connectivity index (χ0) is 38.9. The summed E-state index contributed by atoms with van der Waals surface area (Å²) in [6.07, 6.45) is 7.67. The van der Waals surface area contributed by atoms with Gasteiger partial charge in [0.15, 0.2) is 11.6 Å². The van der Waals surface area contributed by atoms with Gasteiger partial charge in [0.1, 0.15) is 5.52 Å². The van der Waals surface area contributed by atoms with Gasteiger partial charge in [-0.15, -0.1) is 0 Å². The Morgan fingerprint density at radius 3 is 2.00 bits per heavy atom. The molecule has 0 aliphatic heterocycles. The molecule has 9 rings (SSSR count). The van der Waals surface area contributed by atoms with Crippen molar-refractivity contribution in [2.45, 2.75) is 6.92 Å². The van der Waals surface area contributed by atoms with E-state index in [2.05, 4.69) is 53.6 Å². The number of aromatic nitrogens is 6. The molecule has 8 heteroatoms. The fraction of sp³-hybridized carbons (Fsp3) is 0.0204. The average Bonchev–Trinajstić information content (AvgIpc) is 3.74. The lowest BCUT2D eigenvalue weighted by atomic mass is 10.0. The maximum absolute atomic E-state index is 7.24. The van der Waals surface area contributed by atoms with Crippen molar-refractivity contribution >= 4 is 44.5 Å². The molecule has 5 aromatic carbocycles. The van der Waals surface area contributed by atoms with Crippen LogP contribution in [0, 0.1) is 0 Å². The van der Waals surface area contributed by atoms with Gasteiger partial charge in [0.25, 0.3) is 0 Å². The molecule has 0 saturated carbocycles. The lowest BCUT2D eigenvalue weighted by molar-refractivity contribution is 0.914. The van der Waals surface area contributed by atoms with Gasteiger partial charge in [-0.25, -0.2) is 4.98 Å². The maximum Gasteiger partial charge on any atom is 0.238 e. The van der Waals surface area contributed by atoms with E-state index in [1.54, 1.807) is 6.20 Å². The van der Waals surface area contributed by atoms with Crippen molar-refractivity contribution in [3.8, 4) is 45.5 Å². The third-order valence-corrected chi connectivity index (χ3v) is 10.2. The summed E-state index contributed by atoms with van der Waals surface area (Å²) < 4.78 is 4.12. The van der Waals surface area contributed by atoms with Crippen LogP contribution in [0.4, 0.5) is 11.4 Å². The Morgan fingerprint density at radius 1 is 0.596 bits per heavy atom. The quantitative estimate of drug-likeness (QED) is 0.143. The lowest BCUT2D eigenvalue weighted by Gasteiger charge is -2.16. The van der Waals surface area contributed by atoms with E-state index in [9.17, 15) is 0 Å². The second-order valence-electron chi connectivity index (χ2n) is 13.6. The van der Waals surface area contributed by atoms with Crippen LogP contribution in [0.2, 0.25) is 0 Å². The molecule has 0 fully saturated rings. The van der Waals surface area contributed by atoms with E-state index in [1.165, 1.54) is 0 Å². The smallest absolute Gasteiger partial charge is 0.238 e.